The van der Waals surface area contributed by atoms with Crippen molar-refractivity contribution in [2.24, 2.45) is 0 Å². The molecule has 5 N–H and O–H groups in total. The number of aliphatic hydroxyl groups is 3. The zero-order chi connectivity index (χ0) is 15.1. The van der Waals surface area contributed by atoms with Crippen LogP contribution in [0.15, 0.2) is 6.33 Å². The third-order valence-corrected chi connectivity index (χ3v) is 3.40. The van der Waals surface area contributed by atoms with Gasteiger partial charge in [-0.3, -0.25) is 4.57 Å². The Labute approximate surface area is 118 Å². The number of aliphatic hydroxyl groups excluding tert-OH is 3. The average molecular weight is 297 g/mol. The van der Waals surface area contributed by atoms with Crippen molar-refractivity contribution in [1.29, 1.82) is 0 Å². The Morgan fingerprint density at radius 2 is 2.14 bits per heavy atom. The molecule has 3 rings (SSSR count). The number of methoxy groups -OCH3 is 1. The van der Waals surface area contributed by atoms with Gasteiger partial charge >= 0.3 is 0 Å². The van der Waals surface area contributed by atoms with Crippen molar-refractivity contribution in [1.82, 2.24) is 19.5 Å². The number of imidazole rings is 1. The molecule has 0 spiro atoms. The number of nitrogens with zero attached hydrogens (tertiary/aromatic N) is 4. The highest BCUT2D eigenvalue weighted by molar-refractivity contribution is 5.77. The molecule has 1 aliphatic heterocycles. The summed E-state index contributed by atoms with van der Waals surface area (Å²) in [5, 5.41) is 29.0. The summed E-state index contributed by atoms with van der Waals surface area (Å²) < 4.78 is 12.0. The van der Waals surface area contributed by atoms with E-state index in [0.717, 1.165) is 0 Å². The minimum absolute atomic E-state index is 0.00533. The molecular formula is C11H15N5O5. The number of hydrogen-bond acceptors (Lipinski definition) is 9. The maximum atomic E-state index is 10.1. The molecule has 2 aromatic heterocycles. The molecule has 1 aliphatic rings. The van der Waals surface area contributed by atoms with Gasteiger partial charge in [0.15, 0.2) is 17.4 Å². The molecule has 3 heterocycles. The van der Waals surface area contributed by atoms with Crippen LogP contribution >= 0.6 is 0 Å². The van der Waals surface area contributed by atoms with Crippen LogP contribution in [0.2, 0.25) is 0 Å². The fourth-order valence-electron chi connectivity index (χ4n) is 2.37. The largest absolute Gasteiger partial charge is 0.479 e. The lowest BCUT2D eigenvalue weighted by molar-refractivity contribution is -0.0510. The quantitative estimate of drug-likeness (QED) is 0.506. The fourth-order valence-corrected chi connectivity index (χ4v) is 2.37. The van der Waals surface area contributed by atoms with E-state index in [2.05, 4.69) is 15.0 Å². The van der Waals surface area contributed by atoms with Crippen LogP contribution in [0.5, 0.6) is 5.88 Å². The Bertz CT molecular complexity index is 662. The smallest absolute Gasteiger partial charge is 0.245 e. The van der Waals surface area contributed by atoms with E-state index in [-0.39, 0.29) is 17.5 Å². The molecule has 114 valence electrons. The van der Waals surface area contributed by atoms with Gasteiger partial charge in [0.2, 0.25) is 11.8 Å². The second-order valence-corrected chi connectivity index (χ2v) is 4.64. The first kappa shape index (κ1) is 13.9. The lowest BCUT2D eigenvalue weighted by Crippen LogP contribution is -2.33. The van der Waals surface area contributed by atoms with Gasteiger partial charge in [0, 0.05) is 0 Å². The molecular weight excluding hydrogens is 282 g/mol. The second kappa shape index (κ2) is 5.07. The summed E-state index contributed by atoms with van der Waals surface area (Å²) in [6.07, 6.45) is -2.90. The summed E-state index contributed by atoms with van der Waals surface area (Å²) in [6, 6.07) is 0. The molecule has 1 fully saturated rings. The van der Waals surface area contributed by atoms with E-state index in [0.29, 0.717) is 5.52 Å². The number of fused-ring (bicyclic) bond motifs is 1. The van der Waals surface area contributed by atoms with Gasteiger partial charge in [0.25, 0.3) is 0 Å². The minimum atomic E-state index is -1.23. The monoisotopic (exact) mass is 297 g/mol. The molecule has 1 saturated heterocycles. The van der Waals surface area contributed by atoms with Crippen molar-refractivity contribution in [3.8, 4) is 5.88 Å². The summed E-state index contributed by atoms with van der Waals surface area (Å²) in [6.45, 7) is -0.415. The maximum absolute atomic E-state index is 10.1. The average Bonchev–Trinajstić information content (AvgIpc) is 3.00. The van der Waals surface area contributed by atoms with E-state index in [9.17, 15) is 10.2 Å². The van der Waals surface area contributed by atoms with Crippen LogP contribution < -0.4 is 10.5 Å². The third-order valence-electron chi connectivity index (χ3n) is 3.40. The summed E-state index contributed by atoms with van der Waals surface area (Å²) in [5.41, 5.74) is 6.20. The Kier molecular flexibility index (Phi) is 3.37. The van der Waals surface area contributed by atoms with Gasteiger partial charge in [-0.2, -0.15) is 9.97 Å². The third kappa shape index (κ3) is 2.08. The van der Waals surface area contributed by atoms with Crippen molar-refractivity contribution in [2.75, 3.05) is 19.5 Å². The first-order chi connectivity index (χ1) is 10.1. The first-order valence-electron chi connectivity index (χ1n) is 6.23. The Morgan fingerprint density at radius 1 is 1.38 bits per heavy atom. The minimum Gasteiger partial charge on any atom is -0.479 e. The number of rotatable bonds is 3. The van der Waals surface area contributed by atoms with Gasteiger partial charge in [0.1, 0.15) is 24.6 Å². The van der Waals surface area contributed by atoms with Crippen LogP contribution in [-0.4, -0.2) is 66.9 Å². The lowest BCUT2D eigenvalue weighted by Gasteiger charge is -2.17. The van der Waals surface area contributed by atoms with Gasteiger partial charge in [-0.1, -0.05) is 0 Å². The summed E-state index contributed by atoms with van der Waals surface area (Å²) in [7, 11) is 1.41. The van der Waals surface area contributed by atoms with E-state index >= 15 is 0 Å². The molecule has 0 aliphatic carbocycles. The maximum Gasteiger partial charge on any atom is 0.245 e. The topological polar surface area (TPSA) is 149 Å². The van der Waals surface area contributed by atoms with Crippen molar-refractivity contribution in [2.45, 2.75) is 24.5 Å². The summed E-state index contributed by atoms with van der Waals surface area (Å²) in [5.74, 6) is 0.179. The number of anilines is 1. The highest BCUT2D eigenvalue weighted by Gasteiger charge is 2.44. The molecule has 0 aromatic carbocycles. The Morgan fingerprint density at radius 3 is 2.76 bits per heavy atom. The zero-order valence-electron chi connectivity index (χ0n) is 11.1. The standard InChI is InChI=1S/C11H15N5O5/c1-20-9-5-8(14-11(12)15-9)13-3-16(5)10-7(19)6(18)4(2-17)21-10/h3-4,6-7,10,17-19H,2H2,1H3,(H2,12,14,15)/t4-,6-,7+,10-/m1/s1. The van der Waals surface area contributed by atoms with E-state index < -0.39 is 31.1 Å². The van der Waals surface area contributed by atoms with Gasteiger partial charge in [-0.25, -0.2) is 4.98 Å². The van der Waals surface area contributed by atoms with Crippen LogP contribution in [0.1, 0.15) is 6.23 Å². The van der Waals surface area contributed by atoms with Crippen LogP contribution in [-0.2, 0) is 4.74 Å². The van der Waals surface area contributed by atoms with E-state index in [1.807, 2.05) is 0 Å². The fraction of sp³-hybridized carbons (Fsp3) is 0.545. The SMILES string of the molecule is COc1nc(N)nc2ncn([C@@H]3O[C@H](CO)[C@@H](O)[C@@H]3O)c12. The molecule has 0 saturated carbocycles. The highest BCUT2D eigenvalue weighted by Crippen LogP contribution is 2.33. The van der Waals surface area contributed by atoms with Crippen molar-refractivity contribution >= 4 is 17.1 Å². The molecule has 10 nitrogen and oxygen atoms in total. The predicted octanol–water partition coefficient (Wildman–Crippen LogP) is -1.97. The molecule has 0 amide bonds. The molecule has 0 radical (unpaired) electrons. The Hall–Kier alpha value is -2.01. The highest BCUT2D eigenvalue weighted by atomic mass is 16.6. The number of nitrogen functional groups attached to an aromatic ring is 1. The van der Waals surface area contributed by atoms with Crippen molar-refractivity contribution in [3.63, 3.8) is 0 Å². The van der Waals surface area contributed by atoms with Gasteiger partial charge < -0.3 is 30.5 Å². The number of hydrogen-bond donors (Lipinski definition) is 4. The Balaban J connectivity index is 2.09. The molecule has 4 atom stereocenters. The number of nitrogens with two attached hydrogens (primary N) is 1. The van der Waals surface area contributed by atoms with Crippen molar-refractivity contribution < 1.29 is 24.8 Å². The predicted molar refractivity (Wildman–Crippen MR) is 69.3 cm³/mol. The van der Waals surface area contributed by atoms with Crippen LogP contribution in [0.25, 0.3) is 11.2 Å². The number of aromatic nitrogens is 4. The lowest BCUT2D eigenvalue weighted by atomic mass is 10.1. The molecule has 0 bridgehead atoms. The molecule has 10 heteroatoms. The number of ether oxygens (including phenoxy) is 2. The van der Waals surface area contributed by atoms with Crippen LogP contribution in [0.4, 0.5) is 5.95 Å². The van der Waals surface area contributed by atoms with Gasteiger partial charge in [0.05, 0.1) is 13.7 Å². The van der Waals surface area contributed by atoms with E-state index in [4.69, 9.17) is 20.3 Å². The normalized spacial score (nSPS) is 29.1. The van der Waals surface area contributed by atoms with Gasteiger partial charge in [-0.15, -0.1) is 0 Å². The summed E-state index contributed by atoms with van der Waals surface area (Å²) >= 11 is 0. The summed E-state index contributed by atoms with van der Waals surface area (Å²) in [4.78, 5) is 12.0. The molecule has 2 aromatic rings. The van der Waals surface area contributed by atoms with Crippen molar-refractivity contribution in [3.05, 3.63) is 6.33 Å². The van der Waals surface area contributed by atoms with E-state index in [1.165, 1.54) is 18.0 Å². The van der Waals surface area contributed by atoms with Crippen LogP contribution in [0, 0.1) is 0 Å². The van der Waals surface area contributed by atoms with Gasteiger partial charge in [-0.05, 0) is 0 Å². The zero-order valence-corrected chi connectivity index (χ0v) is 11.1. The second-order valence-electron chi connectivity index (χ2n) is 4.64. The first-order valence-corrected chi connectivity index (χ1v) is 6.23. The van der Waals surface area contributed by atoms with Crippen LogP contribution in [0.3, 0.4) is 0 Å². The van der Waals surface area contributed by atoms with E-state index in [1.54, 1.807) is 0 Å². The molecule has 21 heavy (non-hydrogen) atoms. The molecule has 0 unspecified atom stereocenters.